The predicted molar refractivity (Wildman–Crippen MR) is 163 cm³/mol. The molecular weight excluding hydrogens is 631 g/mol. The molecule has 0 fully saturated rings. The number of ether oxygens (including phenoxy) is 2. The summed E-state index contributed by atoms with van der Waals surface area (Å²) in [4.78, 5) is 13.9. The Morgan fingerprint density at radius 1 is 1.12 bits per heavy atom. The fourth-order valence-corrected chi connectivity index (χ4v) is 5.67. The van der Waals surface area contributed by atoms with Crippen LogP contribution in [0.4, 0.5) is 11.6 Å². The topological polar surface area (TPSA) is 103 Å². The molecule has 9 nitrogen and oxygen atoms in total. The molecule has 1 aliphatic rings. The van der Waals surface area contributed by atoms with E-state index in [1.807, 2.05) is 64.1 Å². The third-order valence-corrected chi connectivity index (χ3v) is 8.02. The molecule has 0 saturated heterocycles. The second-order valence-corrected chi connectivity index (χ2v) is 11.2. The molecule has 0 bridgehead atoms. The van der Waals surface area contributed by atoms with Crippen molar-refractivity contribution in [2.24, 2.45) is 0 Å². The van der Waals surface area contributed by atoms with Crippen LogP contribution in [0.15, 0.2) is 64.3 Å². The van der Waals surface area contributed by atoms with E-state index in [2.05, 4.69) is 42.1 Å². The summed E-state index contributed by atoms with van der Waals surface area (Å²) in [5.74, 6) is 1.13. The molecule has 0 saturated carbocycles. The van der Waals surface area contributed by atoms with Gasteiger partial charge in [0.2, 0.25) is 5.95 Å². The summed E-state index contributed by atoms with van der Waals surface area (Å²) in [6, 6.07) is 14.1. The van der Waals surface area contributed by atoms with Gasteiger partial charge in [-0.3, -0.25) is 4.79 Å². The Morgan fingerprint density at radius 3 is 2.68 bits per heavy atom. The minimum atomic E-state index is -0.651. The summed E-state index contributed by atoms with van der Waals surface area (Å²) in [5, 5.41) is 19.4. The van der Waals surface area contributed by atoms with Crippen molar-refractivity contribution in [1.29, 1.82) is 0 Å². The number of aryl methyl sites for hydroxylation is 1. The van der Waals surface area contributed by atoms with E-state index in [-0.39, 0.29) is 12.5 Å². The second kappa shape index (κ2) is 12.1. The first-order valence-corrected chi connectivity index (χ1v) is 14.4. The molecule has 4 aromatic rings. The average molecular weight is 658 g/mol. The number of amides is 1. The van der Waals surface area contributed by atoms with Crippen molar-refractivity contribution in [3.63, 3.8) is 0 Å². The second-order valence-electron chi connectivity index (χ2n) is 9.50. The van der Waals surface area contributed by atoms with Crippen LogP contribution in [0.5, 0.6) is 11.5 Å². The molecule has 212 valence electrons. The SMILES string of the molecule is CCOc1cc(C2C(C(=O)Nc3cccc(C)c3C)=C(C)Nc3nnnn32)cc(Br)c1OCc1ccc(Cl)cc1Cl. The van der Waals surface area contributed by atoms with Gasteiger partial charge in [0, 0.05) is 27.0 Å². The van der Waals surface area contributed by atoms with E-state index < -0.39 is 6.04 Å². The lowest BCUT2D eigenvalue weighted by atomic mass is 9.94. The summed E-state index contributed by atoms with van der Waals surface area (Å²) in [5.41, 5.74) is 5.39. The zero-order valence-electron chi connectivity index (χ0n) is 22.8. The molecular formula is C29H27BrCl2N6O3. The van der Waals surface area contributed by atoms with Gasteiger partial charge in [-0.1, -0.05) is 46.5 Å². The van der Waals surface area contributed by atoms with E-state index in [1.165, 1.54) is 0 Å². The third-order valence-electron chi connectivity index (χ3n) is 6.85. The van der Waals surface area contributed by atoms with Crippen molar-refractivity contribution in [2.75, 3.05) is 17.2 Å². The number of nitrogens with one attached hydrogen (secondary N) is 2. The molecule has 0 spiro atoms. The van der Waals surface area contributed by atoms with Crippen LogP contribution in [0.1, 0.15) is 42.1 Å². The summed E-state index contributed by atoms with van der Waals surface area (Å²) in [6.45, 7) is 8.29. The van der Waals surface area contributed by atoms with Crippen LogP contribution in [0, 0.1) is 13.8 Å². The lowest BCUT2D eigenvalue weighted by Crippen LogP contribution is -2.31. The van der Waals surface area contributed by atoms with Gasteiger partial charge in [-0.25, -0.2) is 0 Å². The Labute approximate surface area is 256 Å². The standard InChI is InChI=1S/C29H27BrCl2N6O3/c1-5-40-24-12-19(11-21(30)27(24)41-14-18-9-10-20(31)13-22(18)32)26-25(17(4)33-29-35-36-37-38(26)29)28(39)34-23-8-6-7-15(2)16(23)3/h6-13,26H,5,14H2,1-4H3,(H,34,39)(H,33,35,37). The Bertz CT molecular complexity index is 1670. The van der Waals surface area contributed by atoms with Gasteiger partial charge in [0.05, 0.1) is 16.7 Å². The molecule has 2 N–H and O–H groups in total. The van der Waals surface area contributed by atoms with Crippen LogP contribution in [-0.4, -0.2) is 32.7 Å². The maximum absolute atomic E-state index is 13.9. The van der Waals surface area contributed by atoms with Gasteiger partial charge in [-0.15, -0.1) is 0 Å². The molecule has 1 aliphatic heterocycles. The Balaban J connectivity index is 1.54. The highest BCUT2D eigenvalue weighted by atomic mass is 79.9. The molecule has 41 heavy (non-hydrogen) atoms. The summed E-state index contributed by atoms with van der Waals surface area (Å²) in [7, 11) is 0. The first-order chi connectivity index (χ1) is 19.7. The fraction of sp³-hybridized carbons (Fsp3) is 0.241. The van der Waals surface area contributed by atoms with Crippen molar-refractivity contribution in [3.8, 4) is 11.5 Å². The highest BCUT2D eigenvalue weighted by Gasteiger charge is 2.35. The predicted octanol–water partition coefficient (Wildman–Crippen LogP) is 7.26. The highest BCUT2D eigenvalue weighted by molar-refractivity contribution is 9.10. The van der Waals surface area contributed by atoms with Gasteiger partial charge in [0.1, 0.15) is 12.6 Å². The van der Waals surface area contributed by atoms with E-state index in [0.29, 0.717) is 49.8 Å². The number of nitrogens with zero attached hydrogens (tertiary/aromatic N) is 4. The quantitative estimate of drug-likeness (QED) is 0.205. The molecule has 1 amide bonds. The number of allylic oxidation sites excluding steroid dienone is 1. The largest absolute Gasteiger partial charge is 0.490 e. The summed E-state index contributed by atoms with van der Waals surface area (Å²) in [6.07, 6.45) is 0. The average Bonchev–Trinajstić information content (AvgIpc) is 3.39. The number of benzene rings is 3. The monoisotopic (exact) mass is 656 g/mol. The first-order valence-electron chi connectivity index (χ1n) is 12.8. The van der Waals surface area contributed by atoms with Crippen LogP contribution in [0.3, 0.4) is 0 Å². The van der Waals surface area contributed by atoms with Crippen molar-refractivity contribution < 1.29 is 14.3 Å². The normalized spacial score (nSPS) is 14.4. The number of hydrogen-bond donors (Lipinski definition) is 2. The number of hydrogen-bond acceptors (Lipinski definition) is 7. The molecule has 12 heteroatoms. The van der Waals surface area contributed by atoms with Gasteiger partial charge in [0.25, 0.3) is 5.91 Å². The Kier molecular flexibility index (Phi) is 8.53. The van der Waals surface area contributed by atoms with Crippen LogP contribution < -0.4 is 20.1 Å². The van der Waals surface area contributed by atoms with Gasteiger partial charge in [-0.05, 0) is 101 Å². The number of anilines is 2. The van der Waals surface area contributed by atoms with Crippen LogP contribution in [0.2, 0.25) is 10.0 Å². The van der Waals surface area contributed by atoms with Crippen molar-refractivity contribution >= 4 is 56.7 Å². The molecule has 0 radical (unpaired) electrons. The van der Waals surface area contributed by atoms with E-state index in [4.69, 9.17) is 32.7 Å². The van der Waals surface area contributed by atoms with Crippen LogP contribution >= 0.6 is 39.1 Å². The number of rotatable bonds is 8. The minimum absolute atomic E-state index is 0.195. The number of halogens is 3. The smallest absolute Gasteiger partial charge is 0.255 e. The Hall–Kier alpha value is -3.60. The summed E-state index contributed by atoms with van der Waals surface area (Å²) < 4.78 is 14.4. The number of aromatic nitrogens is 4. The first kappa shape index (κ1) is 28.9. The number of fused-ring (bicyclic) bond motifs is 1. The molecule has 2 heterocycles. The van der Waals surface area contributed by atoms with Crippen molar-refractivity contribution in [3.05, 3.63) is 96.6 Å². The lowest BCUT2D eigenvalue weighted by Gasteiger charge is -2.29. The zero-order chi connectivity index (χ0) is 29.3. The van der Waals surface area contributed by atoms with Gasteiger partial charge >= 0.3 is 0 Å². The van der Waals surface area contributed by atoms with Gasteiger partial charge in [0.15, 0.2) is 11.5 Å². The number of carbonyl (C=O) groups excluding carboxylic acids is 1. The van der Waals surface area contributed by atoms with Crippen molar-refractivity contribution in [2.45, 2.75) is 40.3 Å². The van der Waals surface area contributed by atoms with Crippen molar-refractivity contribution in [1.82, 2.24) is 20.2 Å². The van der Waals surface area contributed by atoms with E-state index in [9.17, 15) is 4.79 Å². The Morgan fingerprint density at radius 2 is 1.93 bits per heavy atom. The fourth-order valence-electron chi connectivity index (χ4n) is 4.63. The van der Waals surface area contributed by atoms with Gasteiger partial charge in [-0.2, -0.15) is 4.68 Å². The highest BCUT2D eigenvalue weighted by Crippen LogP contribution is 2.43. The maximum Gasteiger partial charge on any atom is 0.255 e. The van der Waals surface area contributed by atoms with Gasteiger partial charge < -0.3 is 20.1 Å². The number of carbonyl (C=O) groups is 1. The molecule has 1 unspecified atom stereocenters. The molecule has 5 rings (SSSR count). The number of tetrazole rings is 1. The van der Waals surface area contributed by atoms with E-state index in [0.717, 1.165) is 27.9 Å². The maximum atomic E-state index is 13.9. The summed E-state index contributed by atoms with van der Waals surface area (Å²) >= 11 is 16.1. The zero-order valence-corrected chi connectivity index (χ0v) is 25.9. The molecule has 1 atom stereocenters. The molecule has 3 aromatic carbocycles. The minimum Gasteiger partial charge on any atom is -0.490 e. The van der Waals surface area contributed by atoms with Crippen LogP contribution in [-0.2, 0) is 11.4 Å². The molecule has 1 aromatic heterocycles. The van der Waals surface area contributed by atoms with E-state index in [1.54, 1.807) is 16.8 Å². The van der Waals surface area contributed by atoms with E-state index >= 15 is 0 Å². The molecule has 0 aliphatic carbocycles. The third kappa shape index (κ3) is 5.91. The lowest BCUT2D eigenvalue weighted by molar-refractivity contribution is -0.113. The van der Waals surface area contributed by atoms with Crippen LogP contribution in [0.25, 0.3) is 0 Å².